The molecule has 0 fully saturated rings. The predicted octanol–water partition coefficient (Wildman–Crippen LogP) is 3.42. The number of benzene rings is 2. The minimum absolute atomic E-state index is 0.120. The Labute approximate surface area is 143 Å². The van der Waals surface area contributed by atoms with Crippen LogP contribution < -0.4 is 10.2 Å². The standard InChI is InChI=1S/C18H14ClN3O2/c19-18-14(10-13-6-4-5-9-16(13)21-18)11-20-22-17(23)12-24-15-7-2-1-3-8-15/h1-11H,12H2,(H,22,23). The second-order valence-corrected chi connectivity index (χ2v) is 5.31. The zero-order valence-corrected chi connectivity index (χ0v) is 13.4. The van der Waals surface area contributed by atoms with Crippen LogP contribution in [0.3, 0.4) is 0 Å². The van der Waals surface area contributed by atoms with E-state index in [0.29, 0.717) is 16.5 Å². The first-order chi connectivity index (χ1) is 11.7. The molecule has 6 heteroatoms. The van der Waals surface area contributed by atoms with E-state index in [1.165, 1.54) is 6.21 Å². The van der Waals surface area contributed by atoms with Crippen LogP contribution in [0.5, 0.6) is 5.75 Å². The maximum absolute atomic E-state index is 11.7. The van der Waals surface area contributed by atoms with E-state index in [1.807, 2.05) is 48.5 Å². The summed E-state index contributed by atoms with van der Waals surface area (Å²) >= 11 is 6.12. The number of carbonyl (C=O) groups is 1. The molecule has 0 bridgehead atoms. The van der Waals surface area contributed by atoms with E-state index in [4.69, 9.17) is 16.3 Å². The normalized spacial score (nSPS) is 10.9. The summed E-state index contributed by atoms with van der Waals surface area (Å²) in [7, 11) is 0. The van der Waals surface area contributed by atoms with Gasteiger partial charge in [0.15, 0.2) is 6.61 Å². The van der Waals surface area contributed by atoms with Gasteiger partial charge in [0, 0.05) is 10.9 Å². The third-order valence-corrected chi connectivity index (χ3v) is 3.51. The summed E-state index contributed by atoms with van der Waals surface area (Å²) in [6.45, 7) is -0.120. The molecule has 5 nitrogen and oxygen atoms in total. The molecular weight excluding hydrogens is 326 g/mol. The molecule has 3 rings (SSSR count). The highest BCUT2D eigenvalue weighted by Crippen LogP contribution is 2.18. The first kappa shape index (κ1) is 16.0. The van der Waals surface area contributed by atoms with Crippen LogP contribution >= 0.6 is 11.6 Å². The largest absolute Gasteiger partial charge is 0.484 e. The summed E-state index contributed by atoms with van der Waals surface area (Å²) in [5.41, 5.74) is 3.83. The molecule has 0 aliphatic carbocycles. The van der Waals surface area contributed by atoms with E-state index >= 15 is 0 Å². The molecule has 0 saturated carbocycles. The molecule has 0 radical (unpaired) electrons. The number of nitrogens with zero attached hydrogens (tertiary/aromatic N) is 2. The lowest BCUT2D eigenvalue weighted by Crippen LogP contribution is -2.24. The smallest absolute Gasteiger partial charge is 0.277 e. The van der Waals surface area contributed by atoms with Gasteiger partial charge in [-0.1, -0.05) is 48.0 Å². The molecule has 0 aliphatic rings. The number of ether oxygens (including phenoxy) is 1. The highest BCUT2D eigenvalue weighted by molar-refractivity contribution is 6.32. The van der Waals surface area contributed by atoms with E-state index in [0.717, 1.165) is 10.9 Å². The molecule has 1 aromatic heterocycles. The molecule has 1 amide bonds. The second-order valence-electron chi connectivity index (χ2n) is 4.96. The molecule has 0 atom stereocenters. The first-order valence-electron chi connectivity index (χ1n) is 7.27. The summed E-state index contributed by atoms with van der Waals surface area (Å²) in [6, 6.07) is 18.6. The number of pyridine rings is 1. The summed E-state index contributed by atoms with van der Waals surface area (Å²) in [5, 5.41) is 5.16. The number of aromatic nitrogens is 1. The Morgan fingerprint density at radius 2 is 1.92 bits per heavy atom. The van der Waals surface area contributed by atoms with Crippen LogP contribution in [0.1, 0.15) is 5.56 Å². The lowest BCUT2D eigenvalue weighted by atomic mass is 10.2. The maximum Gasteiger partial charge on any atom is 0.277 e. The SMILES string of the molecule is O=C(COc1ccccc1)NN=Cc1cc2ccccc2nc1Cl. The van der Waals surface area contributed by atoms with Crippen LogP contribution in [0.25, 0.3) is 10.9 Å². The number of fused-ring (bicyclic) bond motifs is 1. The predicted molar refractivity (Wildman–Crippen MR) is 94.4 cm³/mol. The van der Waals surface area contributed by atoms with Gasteiger partial charge in [0.2, 0.25) is 0 Å². The number of amides is 1. The maximum atomic E-state index is 11.7. The molecule has 1 N–H and O–H groups in total. The molecule has 0 saturated heterocycles. The van der Waals surface area contributed by atoms with E-state index in [2.05, 4.69) is 15.5 Å². The summed E-state index contributed by atoms with van der Waals surface area (Å²) < 4.78 is 5.33. The Balaban J connectivity index is 1.59. The number of hydrogen-bond donors (Lipinski definition) is 1. The van der Waals surface area contributed by atoms with Crippen LogP contribution in [0.15, 0.2) is 65.8 Å². The number of carbonyl (C=O) groups excluding carboxylic acids is 1. The fraction of sp³-hybridized carbons (Fsp3) is 0.0556. The third kappa shape index (κ3) is 4.08. The molecule has 0 aliphatic heterocycles. The van der Waals surface area contributed by atoms with E-state index in [9.17, 15) is 4.79 Å². The van der Waals surface area contributed by atoms with Gasteiger partial charge in [0.1, 0.15) is 10.9 Å². The number of rotatable bonds is 5. The fourth-order valence-corrected chi connectivity index (χ4v) is 2.27. The Bertz CT molecular complexity index is 882. The van der Waals surface area contributed by atoms with Gasteiger partial charge < -0.3 is 4.74 Å². The Morgan fingerprint density at radius 1 is 1.17 bits per heavy atom. The third-order valence-electron chi connectivity index (χ3n) is 3.21. The topological polar surface area (TPSA) is 63.6 Å². The van der Waals surface area contributed by atoms with Crippen LogP contribution in [-0.4, -0.2) is 23.7 Å². The van der Waals surface area contributed by atoms with E-state index in [-0.39, 0.29) is 12.5 Å². The zero-order valence-electron chi connectivity index (χ0n) is 12.6. The summed E-state index contributed by atoms with van der Waals surface area (Å²) in [5.74, 6) is 0.262. The number of hydrazone groups is 1. The van der Waals surface area contributed by atoms with Crippen molar-refractivity contribution < 1.29 is 9.53 Å². The van der Waals surface area contributed by atoms with Crippen LogP contribution in [0, 0.1) is 0 Å². The molecule has 0 spiro atoms. The Morgan fingerprint density at radius 3 is 2.75 bits per heavy atom. The summed E-state index contributed by atoms with van der Waals surface area (Å²) in [4.78, 5) is 16.0. The van der Waals surface area contributed by atoms with Gasteiger partial charge in [-0.2, -0.15) is 5.10 Å². The minimum atomic E-state index is -0.361. The Kier molecular flexibility index (Phi) is 5.03. The first-order valence-corrected chi connectivity index (χ1v) is 7.65. The summed E-state index contributed by atoms with van der Waals surface area (Å²) in [6.07, 6.45) is 1.46. The number of halogens is 1. The van der Waals surface area contributed by atoms with Crippen molar-refractivity contribution >= 4 is 34.6 Å². The molecule has 0 unspecified atom stereocenters. The van der Waals surface area contributed by atoms with Gasteiger partial charge in [0.25, 0.3) is 5.91 Å². The molecular formula is C18H14ClN3O2. The van der Waals surface area contributed by atoms with Gasteiger partial charge >= 0.3 is 0 Å². The average Bonchev–Trinajstić information content (AvgIpc) is 2.61. The molecule has 120 valence electrons. The fourth-order valence-electron chi connectivity index (χ4n) is 2.07. The van der Waals surface area contributed by atoms with Crippen molar-refractivity contribution in [1.82, 2.24) is 10.4 Å². The number of para-hydroxylation sites is 2. The van der Waals surface area contributed by atoms with Crippen LogP contribution in [0.4, 0.5) is 0 Å². The van der Waals surface area contributed by atoms with Gasteiger partial charge in [0.05, 0.1) is 11.7 Å². The van der Waals surface area contributed by atoms with Crippen molar-refractivity contribution in [2.24, 2.45) is 5.10 Å². The van der Waals surface area contributed by atoms with Crippen molar-refractivity contribution in [3.63, 3.8) is 0 Å². The monoisotopic (exact) mass is 339 g/mol. The van der Waals surface area contributed by atoms with Crippen LogP contribution in [-0.2, 0) is 4.79 Å². The van der Waals surface area contributed by atoms with Gasteiger partial charge in [-0.05, 0) is 24.3 Å². The van der Waals surface area contributed by atoms with Gasteiger partial charge in [-0.3, -0.25) is 4.79 Å². The zero-order chi connectivity index (χ0) is 16.8. The number of hydrogen-bond acceptors (Lipinski definition) is 4. The van der Waals surface area contributed by atoms with E-state index < -0.39 is 0 Å². The van der Waals surface area contributed by atoms with Gasteiger partial charge in [-0.15, -0.1) is 0 Å². The van der Waals surface area contributed by atoms with Crippen molar-refractivity contribution in [1.29, 1.82) is 0 Å². The lowest BCUT2D eigenvalue weighted by molar-refractivity contribution is -0.123. The van der Waals surface area contributed by atoms with Crippen molar-refractivity contribution in [2.75, 3.05) is 6.61 Å². The molecule has 2 aromatic carbocycles. The second kappa shape index (κ2) is 7.57. The highest BCUT2D eigenvalue weighted by atomic mass is 35.5. The molecule has 1 heterocycles. The Hall–Kier alpha value is -2.92. The average molecular weight is 340 g/mol. The quantitative estimate of drug-likeness (QED) is 0.440. The minimum Gasteiger partial charge on any atom is -0.484 e. The van der Waals surface area contributed by atoms with Crippen LogP contribution in [0.2, 0.25) is 5.15 Å². The lowest BCUT2D eigenvalue weighted by Gasteiger charge is -2.04. The van der Waals surface area contributed by atoms with E-state index in [1.54, 1.807) is 12.1 Å². The van der Waals surface area contributed by atoms with Gasteiger partial charge in [-0.25, -0.2) is 10.4 Å². The molecule has 24 heavy (non-hydrogen) atoms. The van der Waals surface area contributed by atoms with Crippen molar-refractivity contribution in [3.8, 4) is 5.75 Å². The number of nitrogens with one attached hydrogen (secondary N) is 1. The highest BCUT2D eigenvalue weighted by Gasteiger charge is 2.04. The molecule has 3 aromatic rings. The van der Waals surface area contributed by atoms with Crippen molar-refractivity contribution in [2.45, 2.75) is 0 Å². The van der Waals surface area contributed by atoms with Crippen molar-refractivity contribution in [3.05, 3.63) is 71.4 Å².